The SMILES string of the molecule is C/C=C/C1Nc2ccccc2C(=O)N1NC(=O)c1ccc(Br)cc1. The number of amides is 2. The fourth-order valence-electron chi connectivity index (χ4n) is 2.49. The molecular weight excluding hydrogens is 370 g/mol. The van der Waals surface area contributed by atoms with Gasteiger partial charge in [0.1, 0.15) is 6.17 Å². The van der Waals surface area contributed by atoms with Crippen molar-refractivity contribution in [2.24, 2.45) is 0 Å². The lowest BCUT2D eigenvalue weighted by Crippen LogP contribution is -2.56. The molecule has 2 N–H and O–H groups in total. The molecule has 6 heteroatoms. The first-order chi connectivity index (χ1) is 11.6. The highest BCUT2D eigenvalue weighted by atomic mass is 79.9. The number of carbonyl (C=O) groups excluding carboxylic acids is 2. The van der Waals surface area contributed by atoms with Crippen LogP contribution in [0, 0.1) is 0 Å². The average molecular weight is 386 g/mol. The van der Waals surface area contributed by atoms with Crippen LogP contribution >= 0.6 is 15.9 Å². The first-order valence-electron chi connectivity index (χ1n) is 7.48. The van der Waals surface area contributed by atoms with E-state index in [0.717, 1.165) is 10.2 Å². The van der Waals surface area contributed by atoms with Crippen LogP contribution in [0.3, 0.4) is 0 Å². The van der Waals surface area contributed by atoms with Crippen LogP contribution in [0.25, 0.3) is 0 Å². The van der Waals surface area contributed by atoms with Crippen LogP contribution < -0.4 is 10.7 Å². The minimum absolute atomic E-state index is 0.252. The van der Waals surface area contributed by atoms with Gasteiger partial charge in [0.05, 0.1) is 5.56 Å². The Balaban J connectivity index is 1.88. The van der Waals surface area contributed by atoms with Crippen LogP contribution in [0.4, 0.5) is 5.69 Å². The molecule has 0 radical (unpaired) electrons. The fraction of sp³-hybridized carbons (Fsp3) is 0.111. The van der Waals surface area contributed by atoms with Crippen molar-refractivity contribution in [3.63, 3.8) is 0 Å². The lowest BCUT2D eigenvalue weighted by Gasteiger charge is -2.36. The molecule has 0 spiro atoms. The Morgan fingerprint density at radius 2 is 1.92 bits per heavy atom. The molecule has 1 aliphatic heterocycles. The molecule has 5 nitrogen and oxygen atoms in total. The Morgan fingerprint density at radius 1 is 1.21 bits per heavy atom. The van der Waals surface area contributed by atoms with Gasteiger partial charge in [0.2, 0.25) is 0 Å². The Morgan fingerprint density at radius 3 is 2.62 bits per heavy atom. The summed E-state index contributed by atoms with van der Waals surface area (Å²) in [6.07, 6.45) is 3.20. The fourth-order valence-corrected chi connectivity index (χ4v) is 2.75. The molecule has 122 valence electrons. The van der Waals surface area contributed by atoms with Crippen LogP contribution in [-0.2, 0) is 0 Å². The highest BCUT2D eigenvalue weighted by molar-refractivity contribution is 9.10. The molecule has 0 bridgehead atoms. The van der Waals surface area contributed by atoms with E-state index in [4.69, 9.17) is 0 Å². The van der Waals surface area contributed by atoms with Crippen LogP contribution in [0.5, 0.6) is 0 Å². The van der Waals surface area contributed by atoms with Crippen molar-refractivity contribution in [3.8, 4) is 0 Å². The van der Waals surface area contributed by atoms with Crippen LogP contribution in [-0.4, -0.2) is 23.0 Å². The number of anilines is 1. The van der Waals surface area contributed by atoms with Crippen molar-refractivity contribution in [1.82, 2.24) is 10.4 Å². The van der Waals surface area contributed by atoms with Crippen LogP contribution in [0.2, 0.25) is 0 Å². The van der Waals surface area contributed by atoms with Gasteiger partial charge in [-0.1, -0.05) is 34.1 Å². The van der Waals surface area contributed by atoms with Gasteiger partial charge in [-0.15, -0.1) is 0 Å². The first kappa shape index (κ1) is 16.3. The summed E-state index contributed by atoms with van der Waals surface area (Å²) in [5.41, 5.74) is 4.44. The maximum absolute atomic E-state index is 12.8. The van der Waals surface area contributed by atoms with E-state index in [9.17, 15) is 9.59 Å². The molecule has 1 aliphatic rings. The van der Waals surface area contributed by atoms with E-state index < -0.39 is 6.17 Å². The molecule has 24 heavy (non-hydrogen) atoms. The zero-order chi connectivity index (χ0) is 17.1. The summed E-state index contributed by atoms with van der Waals surface area (Å²) < 4.78 is 0.885. The van der Waals surface area contributed by atoms with Gasteiger partial charge in [-0.05, 0) is 49.4 Å². The van der Waals surface area contributed by atoms with Gasteiger partial charge in [-0.25, -0.2) is 5.01 Å². The third kappa shape index (κ3) is 3.19. The number of nitrogens with zero attached hydrogens (tertiary/aromatic N) is 1. The van der Waals surface area contributed by atoms with Crippen molar-refractivity contribution < 1.29 is 9.59 Å². The molecule has 0 aromatic heterocycles. The summed E-state index contributed by atoms with van der Waals surface area (Å²) in [5.74, 6) is -0.593. The molecule has 0 saturated heterocycles. The molecule has 1 atom stereocenters. The second-order valence-corrected chi connectivity index (χ2v) is 6.20. The van der Waals surface area contributed by atoms with E-state index in [2.05, 4.69) is 26.7 Å². The van der Waals surface area contributed by atoms with Crippen molar-refractivity contribution in [1.29, 1.82) is 0 Å². The number of hydrogen-bond donors (Lipinski definition) is 2. The summed E-state index contributed by atoms with van der Waals surface area (Å²) >= 11 is 3.34. The average Bonchev–Trinajstić information content (AvgIpc) is 2.59. The normalized spacial score (nSPS) is 16.7. The maximum Gasteiger partial charge on any atom is 0.276 e. The zero-order valence-electron chi connectivity index (χ0n) is 13.0. The van der Waals surface area contributed by atoms with Crippen molar-refractivity contribution >= 4 is 33.4 Å². The Kier molecular flexibility index (Phi) is 4.66. The number of nitrogens with one attached hydrogen (secondary N) is 2. The minimum atomic E-state index is -0.447. The van der Waals surface area contributed by atoms with E-state index in [1.807, 2.05) is 31.2 Å². The number of hydrazine groups is 1. The molecule has 2 aromatic rings. The summed E-state index contributed by atoms with van der Waals surface area (Å²) in [6, 6.07) is 14.2. The predicted molar refractivity (Wildman–Crippen MR) is 96.4 cm³/mol. The largest absolute Gasteiger partial charge is 0.360 e. The van der Waals surface area contributed by atoms with Crippen molar-refractivity contribution in [2.75, 3.05) is 5.32 Å². The Bertz CT molecular complexity index is 802. The molecule has 1 unspecified atom stereocenters. The third-order valence-corrected chi connectivity index (χ3v) is 4.19. The highest BCUT2D eigenvalue weighted by Gasteiger charge is 2.31. The standard InChI is InChI=1S/C18H16BrN3O2/c1-2-5-16-20-15-7-4-3-6-14(15)18(24)22(16)21-17(23)12-8-10-13(19)11-9-12/h2-11,16,20H,1H3,(H,21,23)/b5-2+. The maximum atomic E-state index is 12.8. The van der Waals surface area contributed by atoms with Gasteiger partial charge in [-0.3, -0.25) is 15.0 Å². The monoisotopic (exact) mass is 385 g/mol. The predicted octanol–water partition coefficient (Wildman–Crippen LogP) is 3.56. The van der Waals surface area contributed by atoms with Gasteiger partial charge >= 0.3 is 0 Å². The molecule has 0 aliphatic carbocycles. The second-order valence-electron chi connectivity index (χ2n) is 5.28. The molecule has 0 fully saturated rings. The quantitative estimate of drug-likeness (QED) is 0.793. The van der Waals surface area contributed by atoms with E-state index in [-0.39, 0.29) is 11.8 Å². The van der Waals surface area contributed by atoms with Gasteiger partial charge < -0.3 is 5.32 Å². The van der Waals surface area contributed by atoms with Crippen molar-refractivity contribution in [3.05, 3.63) is 76.3 Å². The molecular formula is C18H16BrN3O2. The highest BCUT2D eigenvalue weighted by Crippen LogP contribution is 2.24. The number of allylic oxidation sites excluding steroid dienone is 1. The van der Waals surface area contributed by atoms with E-state index in [1.54, 1.807) is 36.4 Å². The Labute approximate surface area is 148 Å². The zero-order valence-corrected chi connectivity index (χ0v) is 14.6. The number of carbonyl (C=O) groups is 2. The van der Waals surface area contributed by atoms with Crippen LogP contribution in [0.15, 0.2) is 65.2 Å². The molecule has 3 rings (SSSR count). The first-order valence-corrected chi connectivity index (χ1v) is 8.28. The summed E-state index contributed by atoms with van der Waals surface area (Å²) in [4.78, 5) is 25.2. The third-order valence-electron chi connectivity index (χ3n) is 3.66. The van der Waals surface area contributed by atoms with Gasteiger partial charge in [0, 0.05) is 15.7 Å². The van der Waals surface area contributed by atoms with Gasteiger partial charge in [-0.2, -0.15) is 0 Å². The minimum Gasteiger partial charge on any atom is -0.360 e. The number of fused-ring (bicyclic) bond motifs is 1. The summed E-state index contributed by atoms with van der Waals surface area (Å²) in [7, 11) is 0. The van der Waals surface area contributed by atoms with Gasteiger partial charge in [0.25, 0.3) is 11.8 Å². The number of hydrogen-bond acceptors (Lipinski definition) is 3. The number of rotatable bonds is 3. The van der Waals surface area contributed by atoms with E-state index >= 15 is 0 Å². The summed E-state index contributed by atoms with van der Waals surface area (Å²) in [5, 5.41) is 4.55. The molecule has 1 heterocycles. The molecule has 2 aromatic carbocycles. The topological polar surface area (TPSA) is 61.4 Å². The Hall–Kier alpha value is -2.60. The number of halogens is 1. The lowest BCUT2D eigenvalue weighted by atomic mass is 10.1. The molecule has 2 amide bonds. The second kappa shape index (κ2) is 6.88. The van der Waals surface area contributed by atoms with Crippen molar-refractivity contribution in [2.45, 2.75) is 13.1 Å². The van der Waals surface area contributed by atoms with Crippen LogP contribution in [0.1, 0.15) is 27.6 Å². The smallest absolute Gasteiger partial charge is 0.276 e. The summed E-state index contributed by atoms with van der Waals surface area (Å²) in [6.45, 7) is 1.86. The number of benzene rings is 2. The van der Waals surface area contributed by atoms with E-state index in [1.165, 1.54) is 5.01 Å². The number of para-hydroxylation sites is 1. The van der Waals surface area contributed by atoms with E-state index in [0.29, 0.717) is 11.1 Å². The molecule has 0 saturated carbocycles. The lowest BCUT2D eigenvalue weighted by molar-refractivity contribution is 0.0535. The van der Waals surface area contributed by atoms with Gasteiger partial charge in [0.15, 0.2) is 0 Å².